The van der Waals surface area contributed by atoms with E-state index >= 15 is 0 Å². The highest BCUT2D eigenvalue weighted by Gasteiger charge is 2.41. The van der Waals surface area contributed by atoms with Crippen molar-refractivity contribution in [2.24, 2.45) is 5.92 Å². The van der Waals surface area contributed by atoms with Gasteiger partial charge in [-0.3, -0.25) is 4.79 Å². The number of allylic oxidation sites excluding steroid dienone is 4. The number of ketones is 1. The van der Waals surface area contributed by atoms with Crippen molar-refractivity contribution in [2.45, 2.75) is 39.5 Å². The molecule has 0 aliphatic heterocycles. The van der Waals surface area contributed by atoms with E-state index in [1.807, 2.05) is 6.92 Å². The summed E-state index contributed by atoms with van der Waals surface area (Å²) in [5.41, 5.74) is 5.86. The molecule has 0 bridgehead atoms. The van der Waals surface area contributed by atoms with Crippen molar-refractivity contribution >= 4 is 21.7 Å². The van der Waals surface area contributed by atoms with Crippen molar-refractivity contribution in [3.63, 3.8) is 0 Å². The quantitative estimate of drug-likeness (QED) is 0.690. The lowest BCUT2D eigenvalue weighted by Crippen LogP contribution is -2.13. The number of benzene rings is 1. The Balaban J connectivity index is 2.21. The molecule has 2 aliphatic rings. The molecule has 0 saturated heterocycles. The van der Waals surface area contributed by atoms with Crippen molar-refractivity contribution < 1.29 is 4.79 Å². The standard InChI is InChI=1S/C18H19BrO/c1-10-8-9-11(2)16-15(10)17(12(3)18(16)20)13-6-4-5-7-14(13)19/h6-9,12,17H,4-5H2,1-3H3. The van der Waals surface area contributed by atoms with Gasteiger partial charge in [-0.2, -0.15) is 0 Å². The second-order valence-electron chi connectivity index (χ2n) is 5.91. The minimum atomic E-state index is 0.0371. The van der Waals surface area contributed by atoms with Crippen LogP contribution in [0.3, 0.4) is 0 Å². The maximum atomic E-state index is 12.7. The first kappa shape index (κ1) is 13.8. The molecule has 2 heteroatoms. The van der Waals surface area contributed by atoms with Crippen molar-refractivity contribution in [1.29, 1.82) is 0 Å². The lowest BCUT2D eigenvalue weighted by Gasteiger charge is -2.23. The van der Waals surface area contributed by atoms with Gasteiger partial charge in [-0.15, -0.1) is 0 Å². The van der Waals surface area contributed by atoms with Crippen LogP contribution in [0.25, 0.3) is 0 Å². The minimum absolute atomic E-state index is 0.0371. The van der Waals surface area contributed by atoms with Crippen LogP contribution in [0, 0.1) is 19.8 Å². The second kappa shape index (κ2) is 5.00. The Kier molecular flexibility index (Phi) is 3.45. The van der Waals surface area contributed by atoms with Gasteiger partial charge in [-0.1, -0.05) is 47.1 Å². The van der Waals surface area contributed by atoms with Crippen LogP contribution in [0.1, 0.15) is 52.7 Å². The number of rotatable bonds is 1. The molecule has 2 atom stereocenters. The predicted molar refractivity (Wildman–Crippen MR) is 86.5 cm³/mol. The Morgan fingerprint density at radius 1 is 1.10 bits per heavy atom. The summed E-state index contributed by atoms with van der Waals surface area (Å²) in [6, 6.07) is 4.22. The number of aryl methyl sites for hydroxylation is 2. The van der Waals surface area contributed by atoms with Crippen molar-refractivity contribution in [3.8, 4) is 0 Å². The second-order valence-corrected chi connectivity index (χ2v) is 6.76. The molecule has 0 aromatic heterocycles. The summed E-state index contributed by atoms with van der Waals surface area (Å²) < 4.78 is 1.17. The molecule has 1 aromatic rings. The van der Waals surface area contributed by atoms with Crippen LogP contribution in [-0.2, 0) is 0 Å². The maximum Gasteiger partial charge on any atom is 0.167 e. The van der Waals surface area contributed by atoms with Gasteiger partial charge >= 0.3 is 0 Å². The number of hydrogen-bond acceptors (Lipinski definition) is 1. The SMILES string of the molecule is Cc1ccc(C)c2c1C(=O)C(C)C2C1=CCCC=C1Br. The topological polar surface area (TPSA) is 17.1 Å². The van der Waals surface area contributed by atoms with Crippen LogP contribution < -0.4 is 0 Å². The molecular weight excluding hydrogens is 312 g/mol. The summed E-state index contributed by atoms with van der Waals surface area (Å²) in [4.78, 5) is 12.7. The van der Waals surface area contributed by atoms with Crippen LogP contribution in [-0.4, -0.2) is 5.78 Å². The first-order valence-electron chi connectivity index (χ1n) is 7.22. The van der Waals surface area contributed by atoms with Gasteiger partial charge in [0.15, 0.2) is 5.78 Å². The number of fused-ring (bicyclic) bond motifs is 1. The third-order valence-corrected chi connectivity index (χ3v) is 5.39. The summed E-state index contributed by atoms with van der Waals surface area (Å²) in [5.74, 6) is 0.552. The zero-order chi connectivity index (χ0) is 14.4. The van der Waals surface area contributed by atoms with E-state index in [2.05, 4.69) is 54.1 Å². The third kappa shape index (κ3) is 1.93. The molecule has 0 radical (unpaired) electrons. The Bertz CT molecular complexity index is 652. The van der Waals surface area contributed by atoms with Gasteiger partial charge in [0, 0.05) is 21.9 Å². The van der Waals surface area contributed by atoms with Gasteiger partial charge in [0.2, 0.25) is 0 Å². The molecular formula is C18H19BrO. The van der Waals surface area contributed by atoms with Crippen molar-refractivity contribution in [1.82, 2.24) is 0 Å². The molecule has 0 spiro atoms. The first-order valence-corrected chi connectivity index (χ1v) is 8.02. The van der Waals surface area contributed by atoms with Gasteiger partial charge in [0.1, 0.15) is 0 Å². The molecule has 1 nitrogen and oxygen atoms in total. The largest absolute Gasteiger partial charge is 0.294 e. The predicted octanol–water partition coefficient (Wildman–Crippen LogP) is 5.22. The zero-order valence-electron chi connectivity index (χ0n) is 12.2. The molecule has 1 aromatic carbocycles. The number of carbonyl (C=O) groups is 1. The van der Waals surface area contributed by atoms with Gasteiger partial charge in [0.05, 0.1) is 0 Å². The Hall–Kier alpha value is -1.15. The smallest absolute Gasteiger partial charge is 0.167 e. The monoisotopic (exact) mass is 330 g/mol. The fourth-order valence-corrected chi connectivity index (χ4v) is 4.19. The molecule has 0 amide bonds. The number of carbonyl (C=O) groups excluding carboxylic acids is 1. The van der Waals surface area contributed by atoms with E-state index < -0.39 is 0 Å². The average molecular weight is 331 g/mol. The minimum Gasteiger partial charge on any atom is -0.294 e. The molecule has 0 saturated carbocycles. The van der Waals surface area contributed by atoms with Crippen LogP contribution >= 0.6 is 15.9 Å². The molecule has 2 unspecified atom stereocenters. The van der Waals surface area contributed by atoms with E-state index in [0.717, 1.165) is 24.0 Å². The number of Topliss-reactive ketones (excluding diaryl/α,β-unsaturated/α-hetero) is 1. The highest BCUT2D eigenvalue weighted by Crippen LogP contribution is 2.48. The van der Waals surface area contributed by atoms with E-state index in [4.69, 9.17) is 0 Å². The fourth-order valence-electron chi connectivity index (χ4n) is 3.55. The Labute approximate surface area is 128 Å². The summed E-state index contributed by atoms with van der Waals surface area (Å²) in [7, 11) is 0. The fraction of sp³-hybridized carbons (Fsp3) is 0.389. The molecule has 20 heavy (non-hydrogen) atoms. The van der Waals surface area contributed by atoms with E-state index in [0.29, 0.717) is 5.78 Å². The number of halogens is 1. The number of hydrogen-bond donors (Lipinski definition) is 0. The zero-order valence-corrected chi connectivity index (χ0v) is 13.8. The molecule has 104 valence electrons. The normalized spacial score (nSPS) is 25.3. The Morgan fingerprint density at radius 3 is 2.45 bits per heavy atom. The lowest BCUT2D eigenvalue weighted by atomic mass is 9.82. The van der Waals surface area contributed by atoms with Crippen molar-refractivity contribution in [2.75, 3.05) is 0 Å². The molecule has 2 aliphatic carbocycles. The lowest BCUT2D eigenvalue weighted by molar-refractivity contribution is 0.0939. The van der Waals surface area contributed by atoms with Gasteiger partial charge in [0.25, 0.3) is 0 Å². The highest BCUT2D eigenvalue weighted by atomic mass is 79.9. The maximum absolute atomic E-state index is 12.7. The van der Waals surface area contributed by atoms with E-state index in [1.165, 1.54) is 21.2 Å². The van der Waals surface area contributed by atoms with E-state index in [9.17, 15) is 4.79 Å². The summed E-state index contributed by atoms with van der Waals surface area (Å²) >= 11 is 3.69. The average Bonchev–Trinajstić information content (AvgIpc) is 2.69. The van der Waals surface area contributed by atoms with Crippen LogP contribution in [0.2, 0.25) is 0 Å². The van der Waals surface area contributed by atoms with E-state index in [-0.39, 0.29) is 11.8 Å². The molecule has 0 N–H and O–H groups in total. The highest BCUT2D eigenvalue weighted by molar-refractivity contribution is 9.12. The third-order valence-electron chi connectivity index (χ3n) is 4.61. The summed E-state index contributed by atoms with van der Waals surface area (Å²) in [6.07, 6.45) is 6.69. The first-order chi connectivity index (χ1) is 9.52. The Morgan fingerprint density at radius 2 is 1.75 bits per heavy atom. The van der Waals surface area contributed by atoms with Crippen LogP contribution in [0.5, 0.6) is 0 Å². The van der Waals surface area contributed by atoms with Crippen molar-refractivity contribution in [3.05, 3.63) is 56.6 Å². The van der Waals surface area contributed by atoms with Gasteiger partial charge in [-0.05, 0) is 49.0 Å². The molecule has 3 rings (SSSR count). The molecule has 0 fully saturated rings. The van der Waals surface area contributed by atoms with Gasteiger partial charge in [-0.25, -0.2) is 0 Å². The van der Waals surface area contributed by atoms with Gasteiger partial charge < -0.3 is 0 Å². The summed E-state index contributed by atoms with van der Waals surface area (Å²) in [5, 5.41) is 0. The summed E-state index contributed by atoms with van der Waals surface area (Å²) in [6.45, 7) is 6.24. The molecule has 0 heterocycles. The van der Waals surface area contributed by atoms with Crippen LogP contribution in [0.15, 0.2) is 34.3 Å². The van der Waals surface area contributed by atoms with E-state index in [1.54, 1.807) is 0 Å². The van der Waals surface area contributed by atoms with Crippen LogP contribution in [0.4, 0.5) is 0 Å².